The van der Waals surface area contributed by atoms with Gasteiger partial charge in [-0.3, -0.25) is 14.5 Å². The zero-order valence-corrected chi connectivity index (χ0v) is 19.1. The lowest BCUT2D eigenvalue weighted by Gasteiger charge is -2.39. The van der Waals surface area contributed by atoms with E-state index in [2.05, 4.69) is 10.2 Å². The Bertz CT molecular complexity index is 983. The summed E-state index contributed by atoms with van der Waals surface area (Å²) in [5, 5.41) is 2.93. The van der Waals surface area contributed by atoms with Crippen LogP contribution in [0.3, 0.4) is 0 Å². The molecule has 176 valence electrons. The van der Waals surface area contributed by atoms with E-state index >= 15 is 0 Å². The summed E-state index contributed by atoms with van der Waals surface area (Å²) in [5.74, 6) is 2.21. The molecule has 0 spiro atoms. The highest BCUT2D eigenvalue weighted by Crippen LogP contribution is 2.31. The number of hydrogen-bond donors (Lipinski definition) is 1. The fourth-order valence-corrected chi connectivity index (χ4v) is 3.97. The minimum atomic E-state index is -0.657. The highest BCUT2D eigenvalue weighted by molar-refractivity contribution is 5.95. The second kappa shape index (κ2) is 9.99. The number of fused-ring (bicyclic) bond motifs is 1. The summed E-state index contributed by atoms with van der Waals surface area (Å²) in [4.78, 5) is 29.6. The molecule has 2 amide bonds. The maximum Gasteiger partial charge on any atom is 0.267 e. The van der Waals surface area contributed by atoms with Crippen LogP contribution in [0.25, 0.3) is 0 Å². The number of ether oxygens (including phenoxy) is 4. The van der Waals surface area contributed by atoms with Crippen LogP contribution in [0.15, 0.2) is 42.5 Å². The monoisotopic (exact) mass is 455 g/mol. The molecule has 2 heterocycles. The van der Waals surface area contributed by atoms with Crippen molar-refractivity contribution in [2.45, 2.75) is 19.1 Å². The van der Waals surface area contributed by atoms with Crippen molar-refractivity contribution in [1.82, 2.24) is 9.80 Å². The van der Waals surface area contributed by atoms with Crippen LogP contribution < -0.4 is 24.3 Å². The van der Waals surface area contributed by atoms with Crippen LogP contribution in [-0.4, -0.2) is 80.8 Å². The third-order valence-electron chi connectivity index (χ3n) is 5.96. The molecule has 0 aromatic heterocycles. The largest absolute Gasteiger partial charge is 0.497 e. The second-order valence-corrected chi connectivity index (χ2v) is 7.99. The minimum absolute atomic E-state index is 0.0928. The highest BCUT2D eigenvalue weighted by Gasteiger charge is 2.34. The first-order valence-corrected chi connectivity index (χ1v) is 10.9. The van der Waals surface area contributed by atoms with Crippen molar-refractivity contribution in [3.8, 4) is 23.0 Å². The molecular weight excluding hydrogens is 426 g/mol. The maximum atomic E-state index is 12.9. The van der Waals surface area contributed by atoms with Gasteiger partial charge in [0.25, 0.3) is 5.91 Å². The lowest BCUT2D eigenvalue weighted by molar-refractivity contribution is -0.143. The third kappa shape index (κ3) is 5.14. The maximum absolute atomic E-state index is 12.9. The molecule has 0 radical (unpaired) electrons. The number of nitrogens with one attached hydrogen (secondary N) is 1. The molecular formula is C24H29N3O6. The number of amides is 2. The molecule has 1 fully saturated rings. The Hall–Kier alpha value is -3.46. The van der Waals surface area contributed by atoms with Crippen molar-refractivity contribution in [2.24, 2.45) is 0 Å². The van der Waals surface area contributed by atoms with Crippen LogP contribution in [0.1, 0.15) is 6.92 Å². The van der Waals surface area contributed by atoms with Crippen LogP contribution >= 0.6 is 0 Å². The zero-order chi connectivity index (χ0) is 23.4. The first-order valence-electron chi connectivity index (χ1n) is 10.9. The Kier molecular flexibility index (Phi) is 6.88. The van der Waals surface area contributed by atoms with Crippen molar-refractivity contribution < 1.29 is 28.5 Å². The number of rotatable bonds is 6. The van der Waals surface area contributed by atoms with Crippen LogP contribution in [0.5, 0.6) is 23.0 Å². The van der Waals surface area contributed by atoms with Gasteiger partial charge < -0.3 is 29.2 Å². The fraction of sp³-hybridized carbons (Fsp3) is 0.417. The van der Waals surface area contributed by atoms with Gasteiger partial charge in [-0.25, -0.2) is 0 Å². The number of nitrogens with zero attached hydrogens (tertiary/aromatic N) is 2. The first kappa shape index (κ1) is 22.7. The second-order valence-electron chi connectivity index (χ2n) is 7.99. The van der Waals surface area contributed by atoms with Gasteiger partial charge in [0, 0.05) is 50.1 Å². The van der Waals surface area contributed by atoms with Gasteiger partial charge in [0.2, 0.25) is 12.0 Å². The summed E-state index contributed by atoms with van der Waals surface area (Å²) >= 11 is 0. The van der Waals surface area contributed by atoms with Gasteiger partial charge in [-0.1, -0.05) is 12.1 Å². The molecule has 2 aliphatic heterocycles. The Morgan fingerprint density at radius 1 is 1.00 bits per heavy atom. The highest BCUT2D eigenvalue weighted by atomic mass is 16.6. The zero-order valence-electron chi connectivity index (χ0n) is 19.1. The SMILES string of the molecule is COc1cc(NC(=O)[C@H](C)N2CCN(C(=O)[C@@H]3COc4ccccc4O3)CC2)cc(OC)c1. The number of para-hydroxylation sites is 2. The molecule has 0 aliphatic carbocycles. The van der Waals surface area contributed by atoms with Gasteiger partial charge in [0.05, 0.1) is 20.3 Å². The molecule has 33 heavy (non-hydrogen) atoms. The van der Waals surface area contributed by atoms with Crippen molar-refractivity contribution in [3.63, 3.8) is 0 Å². The van der Waals surface area contributed by atoms with Gasteiger partial charge in [-0.2, -0.15) is 0 Å². The molecule has 2 aliphatic rings. The van der Waals surface area contributed by atoms with E-state index < -0.39 is 6.10 Å². The van der Waals surface area contributed by atoms with Crippen LogP contribution in [-0.2, 0) is 9.59 Å². The lowest BCUT2D eigenvalue weighted by Crippen LogP contribution is -2.57. The van der Waals surface area contributed by atoms with E-state index in [4.69, 9.17) is 18.9 Å². The summed E-state index contributed by atoms with van der Waals surface area (Å²) < 4.78 is 22.0. The van der Waals surface area contributed by atoms with Crippen molar-refractivity contribution >= 4 is 17.5 Å². The van der Waals surface area contributed by atoms with E-state index in [0.29, 0.717) is 54.9 Å². The molecule has 1 N–H and O–H groups in total. The van der Waals surface area contributed by atoms with Gasteiger partial charge in [0.1, 0.15) is 18.1 Å². The van der Waals surface area contributed by atoms with E-state index in [1.807, 2.05) is 25.1 Å². The first-order chi connectivity index (χ1) is 16.0. The minimum Gasteiger partial charge on any atom is -0.497 e. The summed E-state index contributed by atoms with van der Waals surface area (Å²) in [6.45, 7) is 4.27. The molecule has 2 atom stereocenters. The number of methoxy groups -OCH3 is 2. The van der Waals surface area contributed by atoms with Crippen molar-refractivity contribution in [2.75, 3.05) is 52.3 Å². The van der Waals surface area contributed by atoms with Gasteiger partial charge in [-0.15, -0.1) is 0 Å². The predicted molar refractivity (Wildman–Crippen MR) is 122 cm³/mol. The molecule has 2 aromatic rings. The van der Waals surface area contributed by atoms with Crippen molar-refractivity contribution in [1.29, 1.82) is 0 Å². The molecule has 0 bridgehead atoms. The third-order valence-corrected chi connectivity index (χ3v) is 5.96. The Balaban J connectivity index is 1.30. The predicted octanol–water partition coefficient (Wildman–Crippen LogP) is 2.01. The van der Waals surface area contributed by atoms with Crippen LogP contribution in [0, 0.1) is 0 Å². The number of piperazine rings is 1. The molecule has 9 heteroatoms. The molecule has 1 saturated heterocycles. The quantitative estimate of drug-likeness (QED) is 0.713. The number of carbonyl (C=O) groups excluding carboxylic acids is 2. The normalized spacial score (nSPS) is 18.9. The summed E-state index contributed by atoms with van der Waals surface area (Å²) in [5.41, 5.74) is 0.603. The average molecular weight is 456 g/mol. The van der Waals surface area contributed by atoms with Gasteiger partial charge >= 0.3 is 0 Å². The standard InChI is InChI=1S/C24H29N3O6/c1-16(23(28)25-17-12-18(30-2)14-19(13-17)31-3)26-8-10-27(11-9-26)24(29)22-15-32-20-6-4-5-7-21(20)33-22/h4-7,12-14,16,22H,8-11,15H2,1-3H3,(H,25,28)/t16-,22-/m0/s1. The van der Waals surface area contributed by atoms with Crippen molar-refractivity contribution in [3.05, 3.63) is 42.5 Å². The van der Waals surface area contributed by atoms with Crippen LogP contribution in [0.2, 0.25) is 0 Å². The number of benzene rings is 2. The number of carbonyl (C=O) groups is 2. The molecule has 0 saturated carbocycles. The van der Waals surface area contributed by atoms with Gasteiger partial charge in [-0.05, 0) is 19.1 Å². The fourth-order valence-electron chi connectivity index (χ4n) is 3.97. The Morgan fingerprint density at radius 2 is 1.64 bits per heavy atom. The number of hydrogen-bond acceptors (Lipinski definition) is 7. The molecule has 4 rings (SSSR count). The van der Waals surface area contributed by atoms with E-state index in [1.165, 1.54) is 0 Å². The van der Waals surface area contributed by atoms with E-state index in [-0.39, 0.29) is 24.5 Å². The summed E-state index contributed by atoms with van der Waals surface area (Å²) in [6.07, 6.45) is -0.657. The van der Waals surface area contributed by atoms with Crippen LogP contribution in [0.4, 0.5) is 5.69 Å². The topological polar surface area (TPSA) is 89.6 Å². The Labute approximate surface area is 193 Å². The lowest BCUT2D eigenvalue weighted by atomic mass is 10.2. The molecule has 0 unspecified atom stereocenters. The smallest absolute Gasteiger partial charge is 0.267 e. The molecule has 2 aromatic carbocycles. The van der Waals surface area contributed by atoms with E-state index in [1.54, 1.807) is 43.4 Å². The van der Waals surface area contributed by atoms with E-state index in [0.717, 1.165) is 0 Å². The van der Waals surface area contributed by atoms with E-state index in [9.17, 15) is 9.59 Å². The average Bonchev–Trinajstić information content (AvgIpc) is 2.87. The number of anilines is 1. The van der Waals surface area contributed by atoms with Gasteiger partial charge in [0.15, 0.2) is 11.5 Å². The summed E-state index contributed by atoms with van der Waals surface area (Å²) in [7, 11) is 3.13. The Morgan fingerprint density at radius 3 is 2.27 bits per heavy atom. The molecule has 9 nitrogen and oxygen atoms in total. The summed E-state index contributed by atoms with van der Waals surface area (Å²) in [6, 6.07) is 12.2.